The molecule has 6 nitrogen and oxygen atoms in total. The summed E-state index contributed by atoms with van der Waals surface area (Å²) in [5, 5.41) is 9.33. The van der Waals surface area contributed by atoms with E-state index < -0.39 is 0 Å². The summed E-state index contributed by atoms with van der Waals surface area (Å²) in [6.45, 7) is 2.83. The van der Waals surface area contributed by atoms with Gasteiger partial charge in [0.1, 0.15) is 5.76 Å². The third-order valence-corrected chi connectivity index (χ3v) is 6.83. The number of thioether (sulfide) groups is 1. The fourth-order valence-corrected chi connectivity index (χ4v) is 5.23. The van der Waals surface area contributed by atoms with Gasteiger partial charge in [-0.1, -0.05) is 24.6 Å². The minimum atomic E-state index is 0.246. The van der Waals surface area contributed by atoms with E-state index in [9.17, 15) is 4.79 Å². The van der Waals surface area contributed by atoms with Gasteiger partial charge in [0.2, 0.25) is 5.91 Å². The molecule has 3 heterocycles. The van der Waals surface area contributed by atoms with Crippen LogP contribution in [-0.4, -0.2) is 43.9 Å². The van der Waals surface area contributed by atoms with E-state index >= 15 is 0 Å². The highest BCUT2D eigenvalue weighted by Gasteiger charge is 2.35. The molecule has 2 aromatic rings. The van der Waals surface area contributed by atoms with E-state index in [4.69, 9.17) is 4.42 Å². The van der Waals surface area contributed by atoms with Crippen LogP contribution in [0.2, 0.25) is 0 Å². The van der Waals surface area contributed by atoms with E-state index in [0.29, 0.717) is 11.8 Å². The Bertz CT molecular complexity index is 782. The molecule has 2 aliphatic rings. The molecular weight excluding hydrogens is 348 g/mol. The van der Waals surface area contributed by atoms with E-state index in [1.54, 1.807) is 6.26 Å². The summed E-state index contributed by atoms with van der Waals surface area (Å²) in [5.41, 5.74) is 0.944. The monoisotopic (exact) mass is 374 g/mol. The minimum Gasteiger partial charge on any atom is -0.469 e. The summed E-state index contributed by atoms with van der Waals surface area (Å²) in [4.78, 5) is 15.0. The number of carbonyl (C=O) groups excluding carboxylic acids is 1. The van der Waals surface area contributed by atoms with E-state index in [1.807, 2.05) is 24.6 Å². The maximum atomic E-state index is 12.9. The van der Waals surface area contributed by atoms with E-state index in [0.717, 1.165) is 41.2 Å². The molecule has 0 unspecified atom stereocenters. The van der Waals surface area contributed by atoms with Crippen molar-refractivity contribution < 1.29 is 9.21 Å². The predicted molar refractivity (Wildman–Crippen MR) is 101 cm³/mol. The minimum absolute atomic E-state index is 0.246. The van der Waals surface area contributed by atoms with Crippen molar-refractivity contribution in [2.24, 2.45) is 13.0 Å². The van der Waals surface area contributed by atoms with Gasteiger partial charge in [-0.3, -0.25) is 4.79 Å². The number of likely N-dealkylation sites (tertiary alicyclic amines) is 1. The highest BCUT2D eigenvalue weighted by atomic mass is 32.2. The van der Waals surface area contributed by atoms with Gasteiger partial charge < -0.3 is 13.9 Å². The van der Waals surface area contributed by atoms with Gasteiger partial charge in [0.15, 0.2) is 11.0 Å². The molecule has 4 rings (SSSR count). The first-order valence-corrected chi connectivity index (χ1v) is 10.5. The van der Waals surface area contributed by atoms with Crippen LogP contribution in [0.25, 0.3) is 11.4 Å². The standard InChI is InChI=1S/C19H26N4O2S/c1-13-15(9-11-25-13)18-20-21-19(22(18)2)26-12-17(24)23-10-5-7-14-6-3-4-8-16(14)23/h9,11,14,16H,3-8,10,12H2,1-2H3/t14-,16-/m0/s1. The molecule has 1 saturated heterocycles. The molecule has 0 spiro atoms. The number of aromatic nitrogens is 3. The number of hydrogen-bond donors (Lipinski definition) is 0. The molecule has 0 bridgehead atoms. The van der Waals surface area contributed by atoms with Crippen LogP contribution >= 0.6 is 11.8 Å². The lowest BCUT2D eigenvalue weighted by Crippen LogP contribution is -2.50. The summed E-state index contributed by atoms with van der Waals surface area (Å²) >= 11 is 1.48. The fourth-order valence-electron chi connectivity index (χ4n) is 4.44. The lowest BCUT2D eigenvalue weighted by atomic mass is 9.78. The average molecular weight is 375 g/mol. The van der Waals surface area contributed by atoms with Crippen molar-refractivity contribution in [1.29, 1.82) is 0 Å². The van der Waals surface area contributed by atoms with Crippen LogP contribution in [0.4, 0.5) is 0 Å². The van der Waals surface area contributed by atoms with E-state index in [-0.39, 0.29) is 5.91 Å². The van der Waals surface area contributed by atoms with Crippen LogP contribution in [0, 0.1) is 12.8 Å². The lowest BCUT2D eigenvalue weighted by molar-refractivity contribution is -0.134. The van der Waals surface area contributed by atoms with Crippen LogP contribution in [0.1, 0.15) is 44.3 Å². The first-order chi connectivity index (χ1) is 12.6. The Kier molecular flexibility index (Phi) is 5.07. The average Bonchev–Trinajstić information content (AvgIpc) is 3.24. The van der Waals surface area contributed by atoms with Crippen LogP contribution in [0.5, 0.6) is 0 Å². The summed E-state index contributed by atoms with van der Waals surface area (Å²) in [6, 6.07) is 2.37. The number of amides is 1. The molecule has 1 saturated carbocycles. The van der Waals surface area contributed by atoms with E-state index in [2.05, 4.69) is 15.1 Å². The Morgan fingerprint density at radius 3 is 2.88 bits per heavy atom. The van der Waals surface area contributed by atoms with Gasteiger partial charge in [-0.2, -0.15) is 0 Å². The van der Waals surface area contributed by atoms with Gasteiger partial charge >= 0.3 is 0 Å². The predicted octanol–water partition coefficient (Wildman–Crippen LogP) is 3.66. The highest BCUT2D eigenvalue weighted by Crippen LogP contribution is 2.35. The number of nitrogens with zero attached hydrogens (tertiary/aromatic N) is 4. The molecule has 0 aromatic carbocycles. The molecule has 2 aromatic heterocycles. The second kappa shape index (κ2) is 7.47. The third kappa shape index (κ3) is 3.29. The van der Waals surface area contributed by atoms with Crippen molar-refractivity contribution in [2.45, 2.75) is 56.6 Å². The van der Waals surface area contributed by atoms with Gasteiger partial charge in [0.25, 0.3) is 0 Å². The second-order valence-electron chi connectivity index (χ2n) is 7.39. The zero-order valence-electron chi connectivity index (χ0n) is 15.5. The first-order valence-electron chi connectivity index (χ1n) is 9.51. The van der Waals surface area contributed by atoms with Crippen LogP contribution in [-0.2, 0) is 11.8 Å². The Morgan fingerprint density at radius 2 is 2.08 bits per heavy atom. The lowest BCUT2D eigenvalue weighted by Gasteiger charge is -2.44. The molecule has 7 heteroatoms. The van der Waals surface area contributed by atoms with Crippen LogP contribution in [0.15, 0.2) is 21.9 Å². The molecular formula is C19H26N4O2S. The summed E-state index contributed by atoms with van der Waals surface area (Å²) < 4.78 is 7.30. The van der Waals surface area contributed by atoms with Gasteiger partial charge in [0.05, 0.1) is 17.6 Å². The van der Waals surface area contributed by atoms with Crippen molar-refractivity contribution in [2.75, 3.05) is 12.3 Å². The number of fused-ring (bicyclic) bond motifs is 1. The Morgan fingerprint density at radius 1 is 1.27 bits per heavy atom. The molecule has 1 amide bonds. The van der Waals surface area contributed by atoms with Crippen molar-refractivity contribution >= 4 is 17.7 Å². The number of furan rings is 1. The Hall–Kier alpha value is -1.76. The smallest absolute Gasteiger partial charge is 0.233 e. The first kappa shape index (κ1) is 17.6. The molecule has 1 aliphatic heterocycles. The fraction of sp³-hybridized carbons (Fsp3) is 0.632. The molecule has 0 radical (unpaired) electrons. The Labute approximate surface area is 158 Å². The molecule has 2 fully saturated rings. The van der Waals surface area contributed by atoms with Crippen molar-refractivity contribution in [3.8, 4) is 11.4 Å². The topological polar surface area (TPSA) is 64.2 Å². The molecule has 1 aliphatic carbocycles. The van der Waals surface area contributed by atoms with Crippen molar-refractivity contribution in [3.05, 3.63) is 18.1 Å². The normalized spacial score (nSPS) is 23.1. The molecule has 140 valence electrons. The van der Waals surface area contributed by atoms with Gasteiger partial charge in [-0.25, -0.2) is 0 Å². The van der Waals surface area contributed by atoms with Crippen LogP contribution in [0.3, 0.4) is 0 Å². The molecule has 0 N–H and O–H groups in total. The summed E-state index contributed by atoms with van der Waals surface area (Å²) in [7, 11) is 1.94. The number of aryl methyl sites for hydroxylation is 1. The maximum Gasteiger partial charge on any atom is 0.233 e. The quantitative estimate of drug-likeness (QED) is 0.764. The second-order valence-corrected chi connectivity index (χ2v) is 8.33. The number of rotatable bonds is 4. The zero-order chi connectivity index (χ0) is 18.1. The van der Waals surface area contributed by atoms with E-state index in [1.165, 1.54) is 43.9 Å². The van der Waals surface area contributed by atoms with Crippen molar-refractivity contribution in [1.82, 2.24) is 19.7 Å². The molecule has 26 heavy (non-hydrogen) atoms. The molecule has 2 atom stereocenters. The van der Waals surface area contributed by atoms with Crippen molar-refractivity contribution in [3.63, 3.8) is 0 Å². The summed E-state index contributed by atoms with van der Waals surface area (Å²) in [6.07, 6.45) is 9.14. The number of hydrogen-bond acceptors (Lipinski definition) is 5. The van der Waals surface area contributed by atoms with Gasteiger partial charge in [0, 0.05) is 19.6 Å². The highest BCUT2D eigenvalue weighted by molar-refractivity contribution is 7.99. The Balaban J connectivity index is 1.42. The SMILES string of the molecule is Cc1occc1-c1nnc(SCC(=O)N2CCC[C@@H]3CCCC[C@@H]32)n1C. The summed E-state index contributed by atoms with van der Waals surface area (Å²) in [5.74, 6) is 2.99. The largest absolute Gasteiger partial charge is 0.469 e. The van der Waals surface area contributed by atoms with Gasteiger partial charge in [-0.05, 0) is 44.6 Å². The third-order valence-electron chi connectivity index (χ3n) is 5.82. The number of piperidine rings is 1. The number of carbonyl (C=O) groups is 1. The van der Waals surface area contributed by atoms with Gasteiger partial charge in [-0.15, -0.1) is 10.2 Å². The zero-order valence-corrected chi connectivity index (χ0v) is 16.3. The van der Waals surface area contributed by atoms with Crippen LogP contribution < -0.4 is 0 Å². The maximum absolute atomic E-state index is 12.9.